The topological polar surface area (TPSA) is 43.1 Å². The summed E-state index contributed by atoms with van der Waals surface area (Å²) in [4.78, 5) is 0. The van der Waals surface area contributed by atoms with Crippen molar-refractivity contribution in [2.75, 3.05) is 5.75 Å². The van der Waals surface area contributed by atoms with Crippen LogP contribution in [0.15, 0.2) is 83.1 Å². The van der Waals surface area contributed by atoms with E-state index in [2.05, 4.69) is 52.7 Å². The summed E-state index contributed by atoms with van der Waals surface area (Å²) in [6.07, 6.45) is 0. The van der Waals surface area contributed by atoms with Crippen LogP contribution in [0.3, 0.4) is 0 Å². The molecule has 0 N–H and O–H groups in total. The molecule has 0 bridgehead atoms. The van der Waals surface area contributed by atoms with Gasteiger partial charge in [-0.1, -0.05) is 78.5 Å². The van der Waals surface area contributed by atoms with E-state index in [9.17, 15) is 0 Å². The van der Waals surface area contributed by atoms with Crippen molar-refractivity contribution in [2.45, 2.75) is 5.16 Å². The van der Waals surface area contributed by atoms with E-state index >= 15 is 0 Å². The Kier molecular flexibility index (Phi) is 3.38. The third kappa shape index (κ3) is 2.53. The van der Waals surface area contributed by atoms with Crippen LogP contribution in [0.5, 0.6) is 0 Å². The Morgan fingerprint density at radius 1 is 0.760 bits per heavy atom. The van der Waals surface area contributed by atoms with Crippen LogP contribution >= 0.6 is 11.8 Å². The van der Waals surface area contributed by atoms with Crippen LogP contribution < -0.4 is 0 Å². The molecule has 0 radical (unpaired) electrons. The Hall–Kier alpha value is -2.92. The van der Waals surface area contributed by atoms with Gasteiger partial charge < -0.3 is 0 Å². The molecule has 1 aliphatic rings. The van der Waals surface area contributed by atoms with Crippen LogP contribution in [-0.2, 0) is 0 Å². The maximum Gasteiger partial charge on any atom is 0.212 e. The van der Waals surface area contributed by atoms with E-state index < -0.39 is 0 Å². The lowest BCUT2D eigenvalue weighted by molar-refractivity contribution is 0.762. The molecule has 4 nitrogen and oxygen atoms in total. The van der Waals surface area contributed by atoms with Gasteiger partial charge in [0.2, 0.25) is 5.16 Å². The highest BCUT2D eigenvalue weighted by atomic mass is 32.2. The third-order valence-electron chi connectivity index (χ3n) is 4.29. The molecule has 1 aliphatic heterocycles. The first kappa shape index (κ1) is 14.4. The lowest BCUT2D eigenvalue weighted by Gasteiger charge is -2.14. The monoisotopic (exact) mass is 342 g/mol. The zero-order valence-electron chi connectivity index (χ0n) is 13.3. The number of hydrogen-bond donors (Lipinski definition) is 0. The van der Waals surface area contributed by atoms with Crippen molar-refractivity contribution >= 4 is 28.2 Å². The van der Waals surface area contributed by atoms with Crippen molar-refractivity contribution in [3.8, 4) is 11.4 Å². The molecule has 4 aromatic rings. The molecule has 0 fully saturated rings. The SMILES string of the molecule is c1ccc(-c2nnc3n2N=C(c2ccc4ccccc4c2)CS3)cc1. The zero-order valence-corrected chi connectivity index (χ0v) is 14.1. The van der Waals surface area contributed by atoms with Gasteiger partial charge in [-0.15, -0.1) is 10.2 Å². The minimum absolute atomic E-state index is 0.779. The Morgan fingerprint density at radius 3 is 2.44 bits per heavy atom. The average Bonchev–Trinajstić information content (AvgIpc) is 3.11. The van der Waals surface area contributed by atoms with E-state index in [4.69, 9.17) is 5.10 Å². The highest BCUT2D eigenvalue weighted by molar-refractivity contribution is 7.99. The molecule has 120 valence electrons. The molecule has 0 saturated heterocycles. The molecule has 5 heteroatoms. The fourth-order valence-corrected chi connectivity index (χ4v) is 3.84. The largest absolute Gasteiger partial charge is 0.212 e. The molecule has 0 unspecified atom stereocenters. The van der Waals surface area contributed by atoms with Gasteiger partial charge in [0.1, 0.15) is 0 Å². The molecule has 1 aromatic heterocycles. The summed E-state index contributed by atoms with van der Waals surface area (Å²) in [5.74, 6) is 1.58. The van der Waals surface area contributed by atoms with Gasteiger partial charge in [-0.25, -0.2) is 0 Å². The average molecular weight is 342 g/mol. The molecular formula is C20H14N4S. The molecule has 0 aliphatic carbocycles. The van der Waals surface area contributed by atoms with E-state index in [1.807, 2.05) is 35.0 Å². The van der Waals surface area contributed by atoms with Gasteiger partial charge in [0.15, 0.2) is 5.82 Å². The summed E-state index contributed by atoms with van der Waals surface area (Å²) in [5, 5.41) is 16.8. The first-order valence-corrected chi connectivity index (χ1v) is 9.08. The van der Waals surface area contributed by atoms with Gasteiger partial charge in [0, 0.05) is 11.3 Å². The summed E-state index contributed by atoms with van der Waals surface area (Å²) in [5.41, 5.74) is 3.20. The maximum atomic E-state index is 4.85. The van der Waals surface area contributed by atoms with Crippen molar-refractivity contribution in [2.24, 2.45) is 5.10 Å². The Labute approximate surface area is 149 Å². The van der Waals surface area contributed by atoms with Gasteiger partial charge in [-0.05, 0) is 22.4 Å². The van der Waals surface area contributed by atoms with Gasteiger partial charge in [0.05, 0.1) is 5.71 Å². The minimum Gasteiger partial charge on any atom is -0.187 e. The van der Waals surface area contributed by atoms with Gasteiger partial charge in [-0.3, -0.25) is 0 Å². The number of nitrogens with zero attached hydrogens (tertiary/aromatic N) is 4. The highest BCUT2D eigenvalue weighted by Gasteiger charge is 2.20. The van der Waals surface area contributed by atoms with Crippen LogP contribution in [0.4, 0.5) is 0 Å². The molecule has 3 aromatic carbocycles. The molecule has 0 amide bonds. The van der Waals surface area contributed by atoms with Crippen LogP contribution in [0.1, 0.15) is 5.56 Å². The van der Waals surface area contributed by atoms with E-state index in [-0.39, 0.29) is 0 Å². The second kappa shape index (κ2) is 5.86. The number of thioether (sulfide) groups is 1. The molecule has 5 rings (SSSR count). The zero-order chi connectivity index (χ0) is 16.6. The number of benzene rings is 3. The molecule has 25 heavy (non-hydrogen) atoms. The van der Waals surface area contributed by atoms with Crippen molar-refractivity contribution in [3.05, 3.63) is 78.4 Å². The van der Waals surface area contributed by atoms with Gasteiger partial charge >= 0.3 is 0 Å². The van der Waals surface area contributed by atoms with Crippen LogP contribution in [0, 0.1) is 0 Å². The lowest BCUT2D eigenvalue weighted by Crippen LogP contribution is -2.13. The molecule has 0 saturated carbocycles. The third-order valence-corrected chi connectivity index (χ3v) is 5.22. The van der Waals surface area contributed by atoms with Gasteiger partial charge in [-0.2, -0.15) is 9.78 Å². The quantitative estimate of drug-likeness (QED) is 0.540. The number of hydrogen-bond acceptors (Lipinski definition) is 4. The predicted molar refractivity (Wildman–Crippen MR) is 102 cm³/mol. The first-order chi connectivity index (χ1) is 12.4. The summed E-state index contributed by atoms with van der Waals surface area (Å²) in [7, 11) is 0. The van der Waals surface area contributed by atoms with Gasteiger partial charge in [0.25, 0.3) is 0 Å². The Balaban J connectivity index is 1.61. The maximum absolute atomic E-state index is 4.85. The number of rotatable bonds is 2. The minimum atomic E-state index is 0.779. The van der Waals surface area contributed by atoms with Crippen LogP contribution in [0.25, 0.3) is 22.2 Å². The highest BCUT2D eigenvalue weighted by Crippen LogP contribution is 2.29. The number of aromatic nitrogens is 3. The van der Waals surface area contributed by atoms with Crippen molar-refractivity contribution in [3.63, 3.8) is 0 Å². The summed E-state index contributed by atoms with van der Waals surface area (Å²) in [6.45, 7) is 0. The van der Waals surface area contributed by atoms with Crippen molar-refractivity contribution < 1.29 is 0 Å². The standard InChI is InChI=1S/C20H14N4S/c1-2-7-15(8-3-1)19-21-22-20-24(19)23-18(13-25-20)17-11-10-14-6-4-5-9-16(14)12-17/h1-12H,13H2. The predicted octanol–water partition coefficient (Wildman–Crippen LogP) is 4.46. The van der Waals surface area contributed by atoms with Crippen LogP contribution in [0.2, 0.25) is 0 Å². The first-order valence-electron chi connectivity index (χ1n) is 8.09. The van der Waals surface area contributed by atoms with Crippen molar-refractivity contribution in [1.82, 2.24) is 14.9 Å². The fraction of sp³-hybridized carbons (Fsp3) is 0.0500. The van der Waals surface area contributed by atoms with E-state index in [1.165, 1.54) is 10.8 Å². The smallest absolute Gasteiger partial charge is 0.187 e. The van der Waals surface area contributed by atoms with E-state index in [0.29, 0.717) is 0 Å². The fourth-order valence-electron chi connectivity index (χ4n) is 3.01. The molecule has 0 spiro atoms. The summed E-state index contributed by atoms with van der Waals surface area (Å²) < 4.78 is 1.86. The van der Waals surface area contributed by atoms with E-state index in [0.717, 1.165) is 33.6 Å². The summed E-state index contributed by atoms with van der Waals surface area (Å²) in [6, 6.07) is 24.9. The van der Waals surface area contributed by atoms with Crippen LogP contribution in [-0.4, -0.2) is 26.3 Å². The lowest BCUT2D eigenvalue weighted by atomic mass is 10.0. The molecular weight excluding hydrogens is 328 g/mol. The summed E-state index contributed by atoms with van der Waals surface area (Å²) >= 11 is 1.67. The second-order valence-electron chi connectivity index (χ2n) is 5.88. The van der Waals surface area contributed by atoms with Crippen molar-refractivity contribution in [1.29, 1.82) is 0 Å². The van der Waals surface area contributed by atoms with E-state index in [1.54, 1.807) is 11.8 Å². The second-order valence-corrected chi connectivity index (χ2v) is 6.82. The normalized spacial score (nSPS) is 13.5. The Bertz CT molecular complexity index is 1100. The molecule has 2 heterocycles. The molecule has 0 atom stereocenters. The number of fused-ring (bicyclic) bond motifs is 2. The Morgan fingerprint density at radius 2 is 1.56 bits per heavy atom.